The Kier molecular flexibility index (Phi) is 3.24. The second kappa shape index (κ2) is 5.24. The van der Waals surface area contributed by atoms with Gasteiger partial charge in [0.05, 0.1) is 21.9 Å². The predicted molar refractivity (Wildman–Crippen MR) is 83.5 cm³/mol. The Labute approximate surface area is 127 Å². The van der Waals surface area contributed by atoms with E-state index in [9.17, 15) is 0 Å². The Morgan fingerprint density at radius 2 is 2.19 bits per heavy atom. The van der Waals surface area contributed by atoms with Crippen LogP contribution < -0.4 is 0 Å². The van der Waals surface area contributed by atoms with Gasteiger partial charge in [-0.3, -0.25) is 4.90 Å². The normalized spacial score (nSPS) is 17.6. The van der Waals surface area contributed by atoms with Crippen molar-refractivity contribution in [2.45, 2.75) is 25.8 Å². The van der Waals surface area contributed by atoms with Crippen molar-refractivity contribution < 1.29 is 4.52 Å². The molecule has 0 amide bonds. The van der Waals surface area contributed by atoms with Crippen LogP contribution in [0.25, 0.3) is 10.2 Å². The molecule has 4 nitrogen and oxygen atoms in total. The molecule has 1 atom stereocenters. The van der Waals surface area contributed by atoms with Gasteiger partial charge in [-0.15, -0.1) is 11.3 Å². The van der Waals surface area contributed by atoms with Crippen LogP contribution in [0.3, 0.4) is 0 Å². The highest BCUT2D eigenvalue weighted by Crippen LogP contribution is 2.27. The second-order valence-electron chi connectivity index (χ2n) is 5.57. The molecule has 1 aromatic carbocycles. The van der Waals surface area contributed by atoms with Gasteiger partial charge in [-0.05, 0) is 31.0 Å². The summed E-state index contributed by atoms with van der Waals surface area (Å²) in [5, 5.41) is 3.90. The van der Waals surface area contributed by atoms with Crippen LogP contribution in [0.5, 0.6) is 0 Å². The van der Waals surface area contributed by atoms with Crippen molar-refractivity contribution in [3.05, 3.63) is 46.8 Å². The summed E-state index contributed by atoms with van der Waals surface area (Å²) in [6.45, 7) is 4.34. The van der Waals surface area contributed by atoms with Gasteiger partial charge in [-0.2, -0.15) is 0 Å². The maximum absolute atomic E-state index is 5.33. The highest BCUT2D eigenvalue weighted by Gasteiger charge is 2.22. The Bertz CT molecular complexity index is 741. The van der Waals surface area contributed by atoms with E-state index in [1.807, 2.05) is 11.7 Å². The average molecular weight is 299 g/mol. The molecule has 0 saturated carbocycles. The predicted octanol–water partition coefficient (Wildman–Crippen LogP) is 3.45. The zero-order valence-electron chi connectivity index (χ0n) is 12.0. The van der Waals surface area contributed by atoms with Crippen molar-refractivity contribution in [1.29, 1.82) is 0 Å². The smallest absolute Gasteiger partial charge is 0.141 e. The average Bonchev–Trinajstić information content (AvgIpc) is 3.11. The van der Waals surface area contributed by atoms with E-state index in [2.05, 4.69) is 40.2 Å². The molecular formula is C16H17N3OS. The van der Waals surface area contributed by atoms with Crippen LogP contribution in [0.15, 0.2) is 34.4 Å². The number of aromatic nitrogens is 2. The summed E-state index contributed by atoms with van der Waals surface area (Å²) in [7, 11) is 0. The van der Waals surface area contributed by atoms with E-state index < -0.39 is 0 Å². The van der Waals surface area contributed by atoms with Gasteiger partial charge < -0.3 is 4.52 Å². The lowest BCUT2D eigenvalue weighted by Gasteiger charge is -2.27. The summed E-state index contributed by atoms with van der Waals surface area (Å²) in [6, 6.07) is 7.04. The zero-order valence-corrected chi connectivity index (χ0v) is 12.8. The van der Waals surface area contributed by atoms with Gasteiger partial charge in [0.25, 0.3) is 0 Å². The standard InChI is InChI=1S/C16H17N3OS/c1-11(12-2-3-16-14(8-12)17-10-21-16)19-6-4-13-9-18-20-15(13)5-7-19/h2-3,8-11H,4-7H2,1H3/t11-/m0/s1. The van der Waals surface area contributed by atoms with Crippen molar-refractivity contribution in [2.24, 2.45) is 0 Å². The van der Waals surface area contributed by atoms with E-state index in [1.54, 1.807) is 11.3 Å². The first-order chi connectivity index (χ1) is 10.3. The van der Waals surface area contributed by atoms with E-state index in [1.165, 1.54) is 15.8 Å². The molecule has 3 heterocycles. The largest absolute Gasteiger partial charge is 0.361 e. The molecule has 0 bridgehead atoms. The third-order valence-electron chi connectivity index (χ3n) is 4.41. The fraction of sp³-hybridized carbons (Fsp3) is 0.375. The SMILES string of the molecule is C[C@@H](c1ccc2scnc2c1)N1CCc2cnoc2CC1. The van der Waals surface area contributed by atoms with Gasteiger partial charge >= 0.3 is 0 Å². The first-order valence-electron chi connectivity index (χ1n) is 7.31. The summed E-state index contributed by atoms with van der Waals surface area (Å²) < 4.78 is 6.59. The summed E-state index contributed by atoms with van der Waals surface area (Å²) in [4.78, 5) is 6.94. The molecule has 0 radical (unpaired) electrons. The molecule has 0 spiro atoms. The number of nitrogens with zero attached hydrogens (tertiary/aromatic N) is 3. The fourth-order valence-corrected chi connectivity index (χ4v) is 3.71. The molecule has 108 valence electrons. The Morgan fingerprint density at radius 1 is 1.29 bits per heavy atom. The Balaban J connectivity index is 1.56. The maximum Gasteiger partial charge on any atom is 0.141 e. The van der Waals surface area contributed by atoms with Crippen molar-refractivity contribution in [3.8, 4) is 0 Å². The van der Waals surface area contributed by atoms with E-state index >= 15 is 0 Å². The van der Waals surface area contributed by atoms with E-state index in [0.717, 1.165) is 37.2 Å². The molecule has 0 saturated heterocycles. The van der Waals surface area contributed by atoms with Crippen LogP contribution in [0.4, 0.5) is 0 Å². The number of benzene rings is 1. The van der Waals surface area contributed by atoms with Gasteiger partial charge in [-0.25, -0.2) is 4.98 Å². The summed E-state index contributed by atoms with van der Waals surface area (Å²) in [6.07, 6.45) is 3.82. The molecule has 0 unspecified atom stereocenters. The number of thiazole rings is 1. The molecule has 2 aromatic heterocycles. The lowest BCUT2D eigenvalue weighted by Crippen LogP contribution is -2.29. The zero-order chi connectivity index (χ0) is 14.2. The highest BCUT2D eigenvalue weighted by molar-refractivity contribution is 7.16. The third-order valence-corrected chi connectivity index (χ3v) is 5.22. The minimum absolute atomic E-state index is 0.396. The van der Waals surface area contributed by atoms with Crippen molar-refractivity contribution in [2.75, 3.05) is 13.1 Å². The maximum atomic E-state index is 5.33. The number of rotatable bonds is 2. The molecule has 0 aliphatic carbocycles. The van der Waals surface area contributed by atoms with Crippen molar-refractivity contribution in [1.82, 2.24) is 15.0 Å². The Hall–Kier alpha value is -1.72. The molecule has 1 aliphatic rings. The molecule has 0 N–H and O–H groups in total. The minimum Gasteiger partial charge on any atom is -0.361 e. The Morgan fingerprint density at radius 3 is 3.14 bits per heavy atom. The monoisotopic (exact) mass is 299 g/mol. The van der Waals surface area contributed by atoms with Gasteiger partial charge in [-0.1, -0.05) is 11.2 Å². The van der Waals surface area contributed by atoms with Crippen LogP contribution in [-0.2, 0) is 12.8 Å². The van der Waals surface area contributed by atoms with Crippen molar-refractivity contribution >= 4 is 21.6 Å². The van der Waals surface area contributed by atoms with Gasteiger partial charge in [0.1, 0.15) is 5.76 Å². The van der Waals surface area contributed by atoms with Crippen LogP contribution >= 0.6 is 11.3 Å². The second-order valence-corrected chi connectivity index (χ2v) is 6.45. The molecule has 21 heavy (non-hydrogen) atoms. The molecular weight excluding hydrogens is 282 g/mol. The lowest BCUT2D eigenvalue weighted by molar-refractivity contribution is 0.216. The van der Waals surface area contributed by atoms with Crippen molar-refractivity contribution in [3.63, 3.8) is 0 Å². The van der Waals surface area contributed by atoms with Gasteiger partial charge in [0.2, 0.25) is 0 Å². The number of fused-ring (bicyclic) bond motifs is 2. The number of hydrogen-bond donors (Lipinski definition) is 0. The minimum atomic E-state index is 0.396. The first kappa shape index (κ1) is 13.0. The topological polar surface area (TPSA) is 42.2 Å². The molecule has 4 rings (SSSR count). The molecule has 5 heteroatoms. The van der Waals surface area contributed by atoms with E-state index in [0.29, 0.717) is 6.04 Å². The molecule has 0 fully saturated rings. The summed E-state index contributed by atoms with van der Waals surface area (Å²) in [5.41, 5.74) is 5.62. The fourth-order valence-electron chi connectivity index (χ4n) is 3.05. The van der Waals surface area contributed by atoms with Gasteiger partial charge in [0, 0.05) is 31.1 Å². The van der Waals surface area contributed by atoms with E-state index in [4.69, 9.17) is 4.52 Å². The van der Waals surface area contributed by atoms with Crippen LogP contribution in [0.1, 0.15) is 29.9 Å². The lowest BCUT2D eigenvalue weighted by atomic mass is 10.1. The van der Waals surface area contributed by atoms with Crippen LogP contribution in [0.2, 0.25) is 0 Å². The van der Waals surface area contributed by atoms with E-state index in [-0.39, 0.29) is 0 Å². The molecule has 3 aromatic rings. The molecule has 1 aliphatic heterocycles. The van der Waals surface area contributed by atoms with Crippen LogP contribution in [0, 0.1) is 0 Å². The number of hydrogen-bond acceptors (Lipinski definition) is 5. The quantitative estimate of drug-likeness (QED) is 0.727. The third kappa shape index (κ3) is 2.36. The summed E-state index contributed by atoms with van der Waals surface area (Å²) >= 11 is 1.70. The van der Waals surface area contributed by atoms with Gasteiger partial charge in [0.15, 0.2) is 0 Å². The summed E-state index contributed by atoms with van der Waals surface area (Å²) in [5.74, 6) is 1.06. The van der Waals surface area contributed by atoms with Crippen LogP contribution in [-0.4, -0.2) is 28.1 Å². The highest BCUT2D eigenvalue weighted by atomic mass is 32.1. The first-order valence-corrected chi connectivity index (χ1v) is 8.19.